The third kappa shape index (κ3) is 10.4. The first-order valence-electron chi connectivity index (χ1n) is 15.1. The lowest BCUT2D eigenvalue weighted by Gasteiger charge is -2.34. The van der Waals surface area contributed by atoms with Crippen LogP contribution in [0.2, 0.25) is 0 Å². The molecule has 0 aromatic heterocycles. The lowest BCUT2D eigenvalue weighted by molar-refractivity contribution is -0.274. The molecule has 0 spiro atoms. The minimum atomic E-state index is -5.05. The van der Waals surface area contributed by atoms with Gasteiger partial charge in [0.1, 0.15) is 11.4 Å². The molecule has 1 aliphatic rings. The number of anilines is 2. The van der Waals surface area contributed by atoms with E-state index in [2.05, 4.69) is 20.3 Å². The van der Waals surface area contributed by atoms with Gasteiger partial charge in [0.25, 0.3) is 5.91 Å². The molecular formula is C33H39F3N4O6S. The van der Waals surface area contributed by atoms with E-state index in [-0.39, 0.29) is 22.6 Å². The average Bonchev–Trinajstić information content (AvgIpc) is 2.97. The summed E-state index contributed by atoms with van der Waals surface area (Å²) in [4.78, 5) is 28.4. The number of benzene rings is 3. The quantitative estimate of drug-likeness (QED) is 0.245. The summed E-state index contributed by atoms with van der Waals surface area (Å²) in [6, 6.07) is 17.2. The van der Waals surface area contributed by atoms with E-state index in [9.17, 15) is 31.2 Å². The monoisotopic (exact) mass is 676 g/mol. The van der Waals surface area contributed by atoms with Gasteiger partial charge in [-0.1, -0.05) is 49.4 Å². The van der Waals surface area contributed by atoms with Crippen molar-refractivity contribution in [2.75, 3.05) is 42.6 Å². The second kappa shape index (κ2) is 14.7. The fraction of sp³-hybridized carbons (Fsp3) is 0.394. The van der Waals surface area contributed by atoms with Gasteiger partial charge in [0.2, 0.25) is 10.0 Å². The Morgan fingerprint density at radius 2 is 1.53 bits per heavy atom. The van der Waals surface area contributed by atoms with Crippen LogP contribution < -0.4 is 15.4 Å². The number of rotatable bonds is 10. The molecule has 0 atom stereocenters. The van der Waals surface area contributed by atoms with Gasteiger partial charge >= 0.3 is 12.5 Å². The van der Waals surface area contributed by atoms with Crippen LogP contribution in [0.15, 0.2) is 66.7 Å². The Kier molecular flexibility index (Phi) is 11.2. The Morgan fingerprint density at radius 1 is 0.894 bits per heavy atom. The van der Waals surface area contributed by atoms with E-state index < -0.39 is 39.7 Å². The minimum absolute atomic E-state index is 0.00122. The van der Waals surface area contributed by atoms with E-state index in [1.165, 1.54) is 10.4 Å². The van der Waals surface area contributed by atoms with E-state index in [0.29, 0.717) is 50.4 Å². The Bertz CT molecular complexity index is 1650. The number of alkyl halides is 3. The molecule has 0 bridgehead atoms. The van der Waals surface area contributed by atoms with Crippen molar-refractivity contribution in [1.29, 1.82) is 0 Å². The molecule has 3 aromatic rings. The Morgan fingerprint density at radius 3 is 2.11 bits per heavy atom. The van der Waals surface area contributed by atoms with E-state index in [4.69, 9.17) is 4.74 Å². The van der Waals surface area contributed by atoms with Crippen LogP contribution in [-0.4, -0.2) is 73.5 Å². The molecule has 1 fully saturated rings. The van der Waals surface area contributed by atoms with Crippen molar-refractivity contribution < 1.29 is 40.7 Å². The van der Waals surface area contributed by atoms with Crippen LogP contribution in [0.4, 0.5) is 29.3 Å². The molecule has 2 N–H and O–H groups in total. The number of halogens is 3. The van der Waals surface area contributed by atoms with Gasteiger partial charge in [-0.05, 0) is 62.6 Å². The lowest BCUT2D eigenvalue weighted by atomic mass is 10.00. The van der Waals surface area contributed by atoms with Crippen molar-refractivity contribution in [2.45, 2.75) is 52.6 Å². The lowest BCUT2D eigenvalue weighted by Crippen LogP contribution is -2.48. The van der Waals surface area contributed by atoms with Crippen molar-refractivity contribution in [2.24, 2.45) is 0 Å². The van der Waals surface area contributed by atoms with Gasteiger partial charge in [-0.2, -0.15) is 4.31 Å². The van der Waals surface area contributed by atoms with Gasteiger partial charge < -0.3 is 14.8 Å². The number of hydrogen-bond acceptors (Lipinski definition) is 7. The summed E-state index contributed by atoms with van der Waals surface area (Å²) in [5, 5.41) is 5.18. The molecule has 1 heterocycles. The molecule has 4 rings (SSSR count). The van der Waals surface area contributed by atoms with Gasteiger partial charge in [0, 0.05) is 44.0 Å². The Hall–Kier alpha value is -4.14. The Labute approximate surface area is 272 Å². The highest BCUT2D eigenvalue weighted by atomic mass is 32.2. The third-order valence-corrected chi connectivity index (χ3v) is 9.19. The predicted molar refractivity (Wildman–Crippen MR) is 174 cm³/mol. The fourth-order valence-electron chi connectivity index (χ4n) is 5.04. The highest BCUT2D eigenvalue weighted by Crippen LogP contribution is 2.38. The number of piperazine rings is 1. The molecule has 254 valence electrons. The first-order chi connectivity index (χ1) is 22.0. The summed E-state index contributed by atoms with van der Waals surface area (Å²) in [6.45, 7) is 9.34. The molecule has 47 heavy (non-hydrogen) atoms. The second-order valence-electron chi connectivity index (χ2n) is 12.1. The zero-order valence-corrected chi connectivity index (χ0v) is 27.5. The summed E-state index contributed by atoms with van der Waals surface area (Å²) in [5.41, 5.74) is 0.410. The second-order valence-corrected chi connectivity index (χ2v) is 14.2. The highest BCUT2D eigenvalue weighted by molar-refractivity contribution is 7.89. The zero-order valence-electron chi connectivity index (χ0n) is 26.7. The van der Waals surface area contributed by atoms with Crippen LogP contribution in [0.1, 0.15) is 50.0 Å². The topological polar surface area (TPSA) is 117 Å². The number of carbonyl (C=O) groups is 2. The van der Waals surface area contributed by atoms with E-state index >= 15 is 0 Å². The molecular weight excluding hydrogens is 637 g/mol. The van der Waals surface area contributed by atoms with Crippen LogP contribution >= 0.6 is 0 Å². The van der Waals surface area contributed by atoms with Gasteiger partial charge in [-0.15, -0.1) is 13.2 Å². The zero-order chi connectivity index (χ0) is 34.4. The summed E-state index contributed by atoms with van der Waals surface area (Å²) in [6.07, 6.45) is -5.39. The molecule has 10 nitrogen and oxygen atoms in total. The van der Waals surface area contributed by atoms with Crippen molar-refractivity contribution in [3.8, 4) is 16.9 Å². The number of amides is 2. The van der Waals surface area contributed by atoms with Crippen molar-refractivity contribution in [1.82, 2.24) is 9.21 Å². The van der Waals surface area contributed by atoms with Gasteiger partial charge in [0.05, 0.1) is 17.0 Å². The summed E-state index contributed by atoms with van der Waals surface area (Å²) < 4.78 is 76.3. The average molecular weight is 677 g/mol. The Balaban J connectivity index is 1.55. The van der Waals surface area contributed by atoms with E-state index in [0.717, 1.165) is 11.6 Å². The van der Waals surface area contributed by atoms with Gasteiger partial charge in [0.15, 0.2) is 0 Å². The number of nitrogens with one attached hydrogen (secondary N) is 2. The van der Waals surface area contributed by atoms with Gasteiger partial charge in [-0.3, -0.25) is 15.0 Å². The SMILES string of the molecule is CCCS(=O)(=O)N1CCN(Cc2ccc(NC(=O)c3cc(OC(F)(F)F)c(-c4ccccc4)cc3NC(=O)OC(C)(C)C)cc2)CC1. The predicted octanol–water partition coefficient (Wildman–Crippen LogP) is 6.71. The molecule has 3 aromatic carbocycles. The van der Waals surface area contributed by atoms with Crippen molar-refractivity contribution in [3.63, 3.8) is 0 Å². The maximum absolute atomic E-state index is 13.5. The highest BCUT2D eigenvalue weighted by Gasteiger charge is 2.34. The minimum Gasteiger partial charge on any atom is -0.444 e. The maximum Gasteiger partial charge on any atom is 0.573 e. The van der Waals surface area contributed by atoms with Crippen molar-refractivity contribution in [3.05, 3.63) is 77.9 Å². The van der Waals surface area contributed by atoms with Crippen LogP contribution in [0.25, 0.3) is 11.1 Å². The standard InChI is InChI=1S/C33H39F3N4O6S/c1-5-19-47(43,44)40-17-15-39(16-18-40)22-23-11-13-25(14-12-23)37-30(41)27-21-29(45-33(34,35)36)26(24-9-7-6-8-10-24)20-28(27)38-31(42)46-32(2,3)4/h6-14,20-21H,5,15-19,22H2,1-4H3,(H,37,41)(H,38,42). The third-order valence-electron chi connectivity index (χ3n) is 7.12. The fourth-order valence-corrected chi connectivity index (χ4v) is 6.53. The summed E-state index contributed by atoms with van der Waals surface area (Å²) >= 11 is 0. The van der Waals surface area contributed by atoms with Crippen LogP contribution in [-0.2, 0) is 21.3 Å². The first-order valence-corrected chi connectivity index (χ1v) is 16.7. The normalized spacial score (nSPS) is 14.8. The van der Waals surface area contributed by atoms with Gasteiger partial charge in [-0.25, -0.2) is 13.2 Å². The molecule has 14 heteroatoms. The van der Waals surface area contributed by atoms with E-state index in [1.54, 1.807) is 75.4 Å². The number of nitrogens with zero attached hydrogens (tertiary/aromatic N) is 2. The summed E-state index contributed by atoms with van der Waals surface area (Å²) in [7, 11) is -3.24. The number of hydrogen-bond donors (Lipinski definition) is 2. The first kappa shape index (κ1) is 35.7. The molecule has 0 unspecified atom stereocenters. The van der Waals surface area contributed by atoms with Crippen LogP contribution in [0, 0.1) is 0 Å². The summed E-state index contributed by atoms with van der Waals surface area (Å²) in [5.74, 6) is -1.28. The van der Waals surface area contributed by atoms with Crippen molar-refractivity contribution >= 4 is 33.4 Å². The largest absolute Gasteiger partial charge is 0.573 e. The molecule has 1 saturated heterocycles. The molecule has 0 radical (unpaired) electrons. The number of ether oxygens (including phenoxy) is 2. The maximum atomic E-state index is 13.5. The molecule has 0 saturated carbocycles. The van der Waals surface area contributed by atoms with E-state index in [1.807, 2.05) is 6.92 Å². The number of carbonyl (C=O) groups excluding carboxylic acids is 2. The molecule has 0 aliphatic carbocycles. The number of sulfonamides is 1. The van der Waals surface area contributed by atoms with Crippen LogP contribution in [0.3, 0.4) is 0 Å². The molecule has 2 amide bonds. The molecule has 1 aliphatic heterocycles. The van der Waals surface area contributed by atoms with Crippen LogP contribution in [0.5, 0.6) is 5.75 Å². The smallest absolute Gasteiger partial charge is 0.444 e.